The lowest BCUT2D eigenvalue weighted by atomic mass is 9.56. The van der Waals surface area contributed by atoms with Gasteiger partial charge in [-0.25, -0.2) is 0 Å². The van der Waals surface area contributed by atoms with Crippen LogP contribution in [-0.2, 0) is 20.9 Å². The first-order valence-corrected chi connectivity index (χ1v) is 20.9. The molecular weight excluding hydrogens is 723 g/mol. The van der Waals surface area contributed by atoms with Crippen molar-refractivity contribution >= 4 is 40.8 Å². The lowest BCUT2D eigenvalue weighted by Crippen LogP contribution is -2.64. The minimum Gasteiger partial charge on any atom is -0.507 e. The minimum absolute atomic E-state index is 0.127. The number of imide groups is 1. The highest BCUT2D eigenvalue weighted by molar-refractivity contribution is 6.05. The second-order valence-electron chi connectivity index (χ2n) is 17.6. The highest BCUT2D eigenvalue weighted by Crippen LogP contribution is 2.53. The van der Waals surface area contributed by atoms with Gasteiger partial charge in [-0.3, -0.25) is 24.5 Å². The third kappa shape index (κ3) is 6.36. The summed E-state index contributed by atoms with van der Waals surface area (Å²) in [6.07, 6.45) is 8.81. The first-order valence-electron chi connectivity index (χ1n) is 20.9. The van der Waals surface area contributed by atoms with E-state index in [1.165, 1.54) is 0 Å². The zero-order chi connectivity index (χ0) is 38.9. The maximum Gasteiger partial charge on any atom is 0.255 e. The summed E-state index contributed by atoms with van der Waals surface area (Å²) < 4.78 is 0. The lowest BCUT2D eigenvalue weighted by Gasteiger charge is -2.55. The molecule has 298 valence electrons. The molecular formula is C43H51N9O5. The number of fused-ring (bicyclic) bond motifs is 7. The fraction of sp³-hybridized carbons (Fsp3) is 0.535. The van der Waals surface area contributed by atoms with Crippen molar-refractivity contribution in [1.29, 1.82) is 0 Å². The number of carbonyl (C=O) groups excluding carboxylic acids is 4. The zero-order valence-electron chi connectivity index (χ0n) is 32.3. The van der Waals surface area contributed by atoms with Crippen LogP contribution in [0.3, 0.4) is 0 Å². The second-order valence-corrected chi connectivity index (χ2v) is 17.6. The van der Waals surface area contributed by atoms with E-state index in [9.17, 15) is 24.3 Å². The van der Waals surface area contributed by atoms with Gasteiger partial charge in [0, 0.05) is 80.0 Å². The van der Waals surface area contributed by atoms with Gasteiger partial charge >= 0.3 is 0 Å². The summed E-state index contributed by atoms with van der Waals surface area (Å²) >= 11 is 0. The first-order chi connectivity index (χ1) is 27.7. The van der Waals surface area contributed by atoms with Gasteiger partial charge in [-0.2, -0.15) is 0 Å². The number of nitrogens with one attached hydrogen (secondary N) is 3. The molecule has 3 aromatic rings. The topological polar surface area (TPSA) is 163 Å². The maximum atomic E-state index is 14.3. The van der Waals surface area contributed by atoms with Gasteiger partial charge < -0.3 is 35.3 Å². The number of aromatic nitrogens is 2. The quantitative estimate of drug-likeness (QED) is 0.260. The average molecular weight is 774 g/mol. The Morgan fingerprint density at radius 1 is 0.877 bits per heavy atom. The smallest absolute Gasteiger partial charge is 0.255 e. The van der Waals surface area contributed by atoms with E-state index in [1.807, 2.05) is 30.3 Å². The van der Waals surface area contributed by atoms with Crippen LogP contribution in [0.15, 0.2) is 48.5 Å². The first kappa shape index (κ1) is 36.1. The van der Waals surface area contributed by atoms with Crippen LogP contribution in [-0.4, -0.2) is 112 Å². The number of hydrogen-bond donors (Lipinski definition) is 4. The van der Waals surface area contributed by atoms with Gasteiger partial charge in [0.1, 0.15) is 11.8 Å². The van der Waals surface area contributed by atoms with Crippen LogP contribution in [0.1, 0.15) is 80.1 Å². The number of para-hydroxylation sites is 1. The molecule has 2 aromatic carbocycles. The number of amides is 4. The van der Waals surface area contributed by atoms with Crippen molar-refractivity contribution in [1.82, 2.24) is 30.6 Å². The number of aromatic hydroxyl groups is 1. The predicted octanol–water partition coefficient (Wildman–Crippen LogP) is 3.65. The molecule has 4 N–H and O–H groups in total. The van der Waals surface area contributed by atoms with Crippen molar-refractivity contribution < 1.29 is 24.3 Å². The normalized spacial score (nSPS) is 28.5. The summed E-state index contributed by atoms with van der Waals surface area (Å²) in [5, 5.41) is 29.1. The summed E-state index contributed by atoms with van der Waals surface area (Å²) in [4.78, 5) is 60.2. The molecule has 3 saturated heterocycles. The number of rotatable bonds is 7. The molecule has 14 nitrogen and oxygen atoms in total. The van der Waals surface area contributed by atoms with E-state index >= 15 is 0 Å². The second kappa shape index (κ2) is 14.0. The largest absolute Gasteiger partial charge is 0.507 e. The van der Waals surface area contributed by atoms with Gasteiger partial charge in [-0.15, -0.1) is 10.2 Å². The van der Waals surface area contributed by atoms with Crippen LogP contribution in [0, 0.1) is 11.3 Å². The number of nitrogens with zero attached hydrogens (tertiary/aromatic N) is 6. The molecule has 1 aromatic heterocycles. The van der Waals surface area contributed by atoms with Crippen LogP contribution in [0.2, 0.25) is 0 Å². The van der Waals surface area contributed by atoms with Gasteiger partial charge in [0.2, 0.25) is 17.7 Å². The van der Waals surface area contributed by atoms with Crippen molar-refractivity contribution in [3.05, 3.63) is 59.7 Å². The Bertz CT molecular complexity index is 2110. The van der Waals surface area contributed by atoms with E-state index in [-0.39, 0.29) is 46.9 Å². The van der Waals surface area contributed by atoms with Crippen molar-refractivity contribution in [2.45, 2.75) is 88.4 Å². The van der Waals surface area contributed by atoms with Crippen molar-refractivity contribution in [2.75, 3.05) is 60.9 Å². The maximum absolute atomic E-state index is 14.3. The minimum atomic E-state index is -0.599. The SMILES string of the molecule is O=C1CCC(N2Cc3cc(N4CCC(CNC56CCC(C(=O)N7CCN8c9cc(-c%10ccccc%10O)nnc9NC[C@H]8C7)(CC5)CC6)CC4)ccc3C2=O)C(=O)N1. The van der Waals surface area contributed by atoms with Crippen LogP contribution in [0.25, 0.3) is 11.3 Å². The Hall–Kier alpha value is -5.24. The van der Waals surface area contributed by atoms with E-state index in [1.54, 1.807) is 17.0 Å². The standard InChI is InChI=1S/C43H51N9O5/c53-36-4-2-1-3-32(36)33-22-35-38(48-47-33)44-24-30-26-50(19-20-51(30)35)41(57)42-11-14-43(15-12-42,16-13-42)45-23-27-9-17-49(18-10-27)29-5-6-31-28(21-29)25-52(40(31)56)34-7-8-37(54)46-39(34)55/h1-6,21-22,27,30,34,45,53H,7-20,23-26H2,(H,44,48)(H,46,54,55)/t30-,34?,42?,43?/m0/s1. The molecule has 2 bridgehead atoms. The summed E-state index contributed by atoms with van der Waals surface area (Å²) in [6, 6.07) is 14.8. The van der Waals surface area contributed by atoms with Gasteiger partial charge in [0.15, 0.2) is 5.82 Å². The third-order valence-electron chi connectivity index (χ3n) is 14.5. The van der Waals surface area contributed by atoms with E-state index in [0.29, 0.717) is 61.2 Å². The van der Waals surface area contributed by atoms with Gasteiger partial charge in [0.05, 0.1) is 17.4 Å². The molecule has 3 saturated carbocycles. The Morgan fingerprint density at radius 3 is 2.44 bits per heavy atom. The highest BCUT2D eigenvalue weighted by Gasteiger charge is 2.54. The number of piperidine rings is 2. The average Bonchev–Trinajstić information content (AvgIpc) is 3.58. The molecule has 5 aliphatic heterocycles. The van der Waals surface area contributed by atoms with E-state index in [2.05, 4.69) is 46.9 Å². The molecule has 8 aliphatic rings. The van der Waals surface area contributed by atoms with Crippen LogP contribution >= 0.6 is 0 Å². The Morgan fingerprint density at radius 2 is 1.67 bits per heavy atom. The van der Waals surface area contributed by atoms with Crippen molar-refractivity contribution in [3.8, 4) is 17.0 Å². The van der Waals surface area contributed by atoms with Crippen LogP contribution in [0.4, 0.5) is 17.2 Å². The van der Waals surface area contributed by atoms with Gasteiger partial charge in [0.25, 0.3) is 5.91 Å². The van der Waals surface area contributed by atoms with E-state index in [0.717, 1.165) is 100 Å². The lowest BCUT2D eigenvalue weighted by molar-refractivity contribution is -0.150. The summed E-state index contributed by atoms with van der Waals surface area (Å²) in [6.45, 7) is 6.15. The third-order valence-corrected chi connectivity index (χ3v) is 14.5. The fourth-order valence-corrected chi connectivity index (χ4v) is 10.9. The van der Waals surface area contributed by atoms with Crippen LogP contribution in [0.5, 0.6) is 5.75 Å². The Kier molecular flexibility index (Phi) is 8.87. The molecule has 4 amide bonds. The summed E-state index contributed by atoms with van der Waals surface area (Å²) in [5.41, 5.74) is 4.86. The molecule has 6 fully saturated rings. The molecule has 2 atom stereocenters. The summed E-state index contributed by atoms with van der Waals surface area (Å²) in [5.74, 6) is 1.07. The number of phenolic OH excluding ortho intramolecular Hbond substituents is 1. The fourth-order valence-electron chi connectivity index (χ4n) is 10.9. The van der Waals surface area contributed by atoms with E-state index < -0.39 is 6.04 Å². The number of carbonyl (C=O) groups is 4. The van der Waals surface area contributed by atoms with Gasteiger partial charge in [-0.05, 0) is 112 Å². The number of anilines is 3. The number of hydrogen-bond acceptors (Lipinski definition) is 11. The summed E-state index contributed by atoms with van der Waals surface area (Å²) in [7, 11) is 0. The molecule has 0 radical (unpaired) electrons. The Labute approximate surface area is 332 Å². The number of phenols is 1. The monoisotopic (exact) mass is 773 g/mol. The molecule has 1 unspecified atom stereocenters. The zero-order valence-corrected chi connectivity index (χ0v) is 32.3. The van der Waals surface area contributed by atoms with Crippen LogP contribution < -0.4 is 25.8 Å². The molecule has 57 heavy (non-hydrogen) atoms. The van der Waals surface area contributed by atoms with Gasteiger partial charge in [-0.1, -0.05) is 12.1 Å². The van der Waals surface area contributed by atoms with Crippen molar-refractivity contribution in [3.63, 3.8) is 0 Å². The Balaban J connectivity index is 0.705. The predicted molar refractivity (Wildman–Crippen MR) is 214 cm³/mol. The number of benzene rings is 2. The van der Waals surface area contributed by atoms with Crippen molar-refractivity contribution in [2.24, 2.45) is 11.3 Å². The molecule has 6 heterocycles. The molecule has 11 rings (SSSR count). The highest BCUT2D eigenvalue weighted by atomic mass is 16.3. The molecule has 0 spiro atoms. The number of piperazine rings is 1. The molecule has 3 aliphatic carbocycles. The molecule has 14 heteroatoms. The van der Waals surface area contributed by atoms with E-state index in [4.69, 9.17) is 0 Å².